The molecule has 0 spiro atoms. The second kappa shape index (κ2) is 10.7. The topological polar surface area (TPSA) is 133 Å². The Kier molecular flexibility index (Phi) is 7.94. The number of hydrogen-bond acceptors (Lipinski definition) is 7. The van der Waals surface area contributed by atoms with Crippen molar-refractivity contribution in [1.82, 2.24) is 24.1 Å². The highest BCUT2D eigenvalue weighted by Crippen LogP contribution is 2.29. The number of nitrogens with zero attached hydrogens (tertiary/aromatic N) is 5. The Morgan fingerprint density at radius 3 is 2.43 bits per heavy atom. The number of carboxylic acids is 1. The molecule has 35 heavy (non-hydrogen) atoms. The zero-order valence-corrected chi connectivity index (χ0v) is 19.2. The number of amides is 1. The quantitative estimate of drug-likeness (QED) is 0.548. The third kappa shape index (κ3) is 6.47. The van der Waals surface area contributed by atoms with Crippen LogP contribution < -0.4 is 10.1 Å². The van der Waals surface area contributed by atoms with Gasteiger partial charge in [-0.3, -0.25) is 13.9 Å². The molecule has 4 heterocycles. The van der Waals surface area contributed by atoms with Gasteiger partial charge in [0.2, 0.25) is 5.65 Å². The van der Waals surface area contributed by atoms with Gasteiger partial charge in [-0.1, -0.05) is 0 Å². The summed E-state index contributed by atoms with van der Waals surface area (Å²) in [6.45, 7) is 5.50. The minimum absolute atomic E-state index is 0.186. The van der Waals surface area contributed by atoms with E-state index in [2.05, 4.69) is 15.4 Å². The lowest BCUT2D eigenvalue weighted by Gasteiger charge is -2.19. The Hall–Kier alpha value is -3.68. The monoisotopic (exact) mass is 498 g/mol. The lowest BCUT2D eigenvalue weighted by Crippen LogP contribution is -2.21. The van der Waals surface area contributed by atoms with Gasteiger partial charge >= 0.3 is 12.1 Å². The average molecular weight is 498 g/mol. The predicted octanol–water partition coefficient (Wildman–Crippen LogP) is 3.29. The molecular weight excluding hydrogens is 473 g/mol. The van der Waals surface area contributed by atoms with Crippen LogP contribution in [0.4, 0.5) is 19.0 Å². The first-order valence-corrected chi connectivity index (χ1v) is 10.7. The zero-order valence-electron chi connectivity index (χ0n) is 19.2. The molecular formula is C21H25F3N6O5. The summed E-state index contributed by atoms with van der Waals surface area (Å²) in [5.41, 5.74) is 1.96. The Balaban J connectivity index is 0.000000429. The third-order valence-corrected chi connectivity index (χ3v) is 5.11. The number of imidazole rings is 1. The van der Waals surface area contributed by atoms with Gasteiger partial charge in [-0.15, -0.1) is 0 Å². The van der Waals surface area contributed by atoms with Crippen molar-refractivity contribution in [2.75, 3.05) is 25.6 Å². The molecule has 1 aliphatic heterocycles. The molecule has 1 fully saturated rings. The maximum atomic E-state index is 12.5. The number of carbonyl (C=O) groups is 2. The lowest BCUT2D eigenvalue weighted by atomic mass is 9.97. The molecule has 14 heteroatoms. The van der Waals surface area contributed by atoms with Crippen LogP contribution in [0.25, 0.3) is 5.65 Å². The van der Waals surface area contributed by atoms with Gasteiger partial charge in [0.15, 0.2) is 11.5 Å². The fourth-order valence-corrected chi connectivity index (χ4v) is 3.30. The second-order valence-electron chi connectivity index (χ2n) is 7.95. The molecule has 0 saturated carbocycles. The van der Waals surface area contributed by atoms with Crippen LogP contribution in [0, 0.1) is 0 Å². The highest BCUT2D eigenvalue weighted by atomic mass is 19.4. The standard InChI is InChI=1S/C19H24N6O3.C2HF3O2/c1-12(2)25-7-4-14(23-25)18(26)21-16-11-24-10-15(13-5-8-28-9-6-13)20-17(24)19(22-16)27-3;3-2(4,5)1(6)7/h4,7,10-13H,5-6,8-9H2,1-3H3,(H,21,26);(H,6,7). The number of nitrogens with one attached hydrogen (secondary N) is 1. The summed E-state index contributed by atoms with van der Waals surface area (Å²) in [6.07, 6.45) is 2.31. The van der Waals surface area contributed by atoms with Crippen LogP contribution in [-0.2, 0) is 9.53 Å². The number of carbonyl (C=O) groups excluding carboxylic acids is 1. The number of fused-ring (bicyclic) bond motifs is 1. The Morgan fingerprint density at radius 2 is 1.89 bits per heavy atom. The maximum Gasteiger partial charge on any atom is 0.490 e. The number of anilines is 1. The van der Waals surface area contributed by atoms with E-state index in [1.807, 2.05) is 24.4 Å². The molecule has 11 nitrogen and oxygen atoms in total. The van der Waals surface area contributed by atoms with E-state index in [1.165, 1.54) is 0 Å². The van der Waals surface area contributed by atoms with Crippen molar-refractivity contribution in [3.63, 3.8) is 0 Å². The summed E-state index contributed by atoms with van der Waals surface area (Å²) in [7, 11) is 1.54. The molecule has 190 valence electrons. The van der Waals surface area contributed by atoms with E-state index in [-0.39, 0.29) is 11.9 Å². The average Bonchev–Trinajstić information content (AvgIpc) is 3.47. The Morgan fingerprint density at radius 1 is 1.23 bits per heavy atom. The van der Waals surface area contributed by atoms with E-state index in [0.717, 1.165) is 31.7 Å². The number of hydrogen-bond donors (Lipinski definition) is 2. The lowest BCUT2D eigenvalue weighted by molar-refractivity contribution is -0.192. The summed E-state index contributed by atoms with van der Waals surface area (Å²) < 4.78 is 46.2. The van der Waals surface area contributed by atoms with Crippen molar-refractivity contribution in [3.8, 4) is 5.88 Å². The van der Waals surface area contributed by atoms with Gasteiger partial charge in [-0.2, -0.15) is 23.3 Å². The molecule has 0 unspecified atom stereocenters. The minimum Gasteiger partial charge on any atom is -0.478 e. The molecule has 0 aliphatic carbocycles. The maximum absolute atomic E-state index is 12.5. The van der Waals surface area contributed by atoms with Crippen LogP contribution in [0.1, 0.15) is 54.8 Å². The van der Waals surface area contributed by atoms with Gasteiger partial charge in [0.1, 0.15) is 0 Å². The van der Waals surface area contributed by atoms with Crippen molar-refractivity contribution >= 4 is 23.3 Å². The van der Waals surface area contributed by atoms with E-state index in [4.69, 9.17) is 24.4 Å². The number of rotatable bonds is 5. The van der Waals surface area contributed by atoms with Gasteiger partial charge in [0, 0.05) is 37.6 Å². The first kappa shape index (κ1) is 25.9. The summed E-state index contributed by atoms with van der Waals surface area (Å²) in [4.78, 5) is 30.5. The highest BCUT2D eigenvalue weighted by molar-refractivity contribution is 6.02. The molecule has 3 aromatic heterocycles. The highest BCUT2D eigenvalue weighted by Gasteiger charge is 2.38. The van der Waals surface area contributed by atoms with Crippen LogP contribution >= 0.6 is 0 Å². The third-order valence-electron chi connectivity index (χ3n) is 5.11. The summed E-state index contributed by atoms with van der Waals surface area (Å²) in [5, 5.41) is 14.2. The number of carboxylic acid groups (broad SMARTS) is 1. The number of aliphatic carboxylic acids is 1. The number of alkyl halides is 3. The minimum atomic E-state index is -5.08. The first-order chi connectivity index (χ1) is 16.5. The molecule has 1 saturated heterocycles. The summed E-state index contributed by atoms with van der Waals surface area (Å²) >= 11 is 0. The molecule has 1 aliphatic rings. The fraction of sp³-hybridized carbons (Fsp3) is 0.476. The van der Waals surface area contributed by atoms with E-state index < -0.39 is 12.1 Å². The van der Waals surface area contributed by atoms with E-state index in [0.29, 0.717) is 29.0 Å². The van der Waals surface area contributed by atoms with Crippen LogP contribution in [0.3, 0.4) is 0 Å². The Labute approximate surface area is 197 Å². The van der Waals surface area contributed by atoms with E-state index in [9.17, 15) is 18.0 Å². The van der Waals surface area contributed by atoms with E-state index in [1.54, 1.807) is 30.3 Å². The van der Waals surface area contributed by atoms with Crippen molar-refractivity contribution in [3.05, 3.63) is 36.0 Å². The predicted molar refractivity (Wildman–Crippen MR) is 117 cm³/mol. The van der Waals surface area contributed by atoms with Crippen LogP contribution in [-0.4, -0.2) is 67.6 Å². The van der Waals surface area contributed by atoms with Crippen molar-refractivity contribution in [2.45, 2.75) is 44.8 Å². The van der Waals surface area contributed by atoms with Crippen LogP contribution in [0.5, 0.6) is 5.88 Å². The van der Waals surface area contributed by atoms with E-state index >= 15 is 0 Å². The summed E-state index contributed by atoms with van der Waals surface area (Å²) in [5.74, 6) is -1.98. The zero-order chi connectivity index (χ0) is 25.8. The van der Waals surface area contributed by atoms with Gasteiger partial charge < -0.3 is 19.9 Å². The summed E-state index contributed by atoms with van der Waals surface area (Å²) in [6, 6.07) is 1.87. The molecule has 1 amide bonds. The van der Waals surface area contributed by atoms with Crippen LogP contribution in [0.15, 0.2) is 24.7 Å². The van der Waals surface area contributed by atoms with Crippen molar-refractivity contribution in [2.24, 2.45) is 0 Å². The SMILES string of the molecule is COc1nc(NC(=O)c2ccn(C(C)C)n2)cn2cc(C3CCOCC3)nc12.O=C(O)C(F)(F)F. The number of aromatic nitrogens is 5. The van der Waals surface area contributed by atoms with Gasteiger partial charge in [-0.25, -0.2) is 9.78 Å². The van der Waals surface area contributed by atoms with Crippen molar-refractivity contribution in [1.29, 1.82) is 0 Å². The van der Waals surface area contributed by atoms with Crippen LogP contribution in [0.2, 0.25) is 0 Å². The fourth-order valence-electron chi connectivity index (χ4n) is 3.30. The molecule has 2 N–H and O–H groups in total. The molecule has 0 bridgehead atoms. The number of halogens is 3. The number of methoxy groups -OCH3 is 1. The van der Waals surface area contributed by atoms with Crippen molar-refractivity contribution < 1.29 is 37.3 Å². The first-order valence-electron chi connectivity index (χ1n) is 10.7. The second-order valence-corrected chi connectivity index (χ2v) is 7.95. The largest absolute Gasteiger partial charge is 0.490 e. The van der Waals surface area contributed by atoms with Gasteiger partial charge in [0.25, 0.3) is 11.8 Å². The molecule has 3 aromatic rings. The Bertz CT molecular complexity index is 1180. The normalized spacial score (nSPS) is 14.5. The molecule has 0 radical (unpaired) electrons. The van der Waals surface area contributed by atoms with Gasteiger partial charge in [0.05, 0.1) is 19.0 Å². The number of ether oxygens (including phenoxy) is 2. The molecule has 4 rings (SSSR count). The molecule has 0 aromatic carbocycles. The smallest absolute Gasteiger partial charge is 0.478 e. The molecule has 0 atom stereocenters. The van der Waals surface area contributed by atoms with Gasteiger partial charge in [-0.05, 0) is 32.8 Å².